The van der Waals surface area contributed by atoms with Crippen LogP contribution in [0.1, 0.15) is 63.0 Å². The van der Waals surface area contributed by atoms with Gasteiger partial charge in [0.05, 0.1) is 31.2 Å². The Bertz CT molecular complexity index is 1380. The molecule has 2 aliphatic heterocycles. The van der Waals surface area contributed by atoms with Crippen LogP contribution in [-0.4, -0.2) is 82.5 Å². The van der Waals surface area contributed by atoms with Crippen molar-refractivity contribution in [3.63, 3.8) is 0 Å². The lowest BCUT2D eigenvalue weighted by atomic mass is 9.68. The fraction of sp³-hybridized carbons (Fsp3) is 0.514. The molecule has 4 atom stereocenters. The highest BCUT2D eigenvalue weighted by atomic mass is 16.5. The van der Waals surface area contributed by atoms with E-state index in [1.165, 1.54) is 10.5 Å². The number of carbonyl (C=O) groups is 2. The average Bonchev–Trinajstić information content (AvgIpc) is 3.29. The summed E-state index contributed by atoms with van der Waals surface area (Å²) in [4.78, 5) is 31.8. The van der Waals surface area contributed by atoms with Gasteiger partial charge in [-0.05, 0) is 72.9 Å². The van der Waals surface area contributed by atoms with Gasteiger partial charge >= 0.3 is 0 Å². The van der Waals surface area contributed by atoms with E-state index >= 15 is 0 Å². The summed E-state index contributed by atoms with van der Waals surface area (Å²) in [5.74, 6) is -1.99. The number of hydrogen-bond donors (Lipinski definition) is 3. The van der Waals surface area contributed by atoms with E-state index in [0.717, 1.165) is 62.0 Å². The molecule has 2 heterocycles. The van der Waals surface area contributed by atoms with Gasteiger partial charge in [-0.25, -0.2) is 0 Å². The Morgan fingerprint density at radius 3 is 2.47 bits per heavy atom. The first-order valence-electron chi connectivity index (χ1n) is 16.5. The molecule has 0 saturated carbocycles. The van der Waals surface area contributed by atoms with Crippen LogP contribution in [0.4, 0.5) is 0 Å². The van der Waals surface area contributed by atoms with Crippen molar-refractivity contribution in [3.8, 4) is 5.75 Å². The number of benzene rings is 2. The molecule has 0 spiro atoms. The monoisotopic (exact) mass is 616 g/mol. The van der Waals surface area contributed by atoms with Crippen LogP contribution in [-0.2, 0) is 20.9 Å². The number of hydrogen-bond acceptors (Lipinski definition) is 7. The molecule has 1 aliphatic carbocycles. The van der Waals surface area contributed by atoms with E-state index in [1.54, 1.807) is 19.2 Å². The maximum Gasteiger partial charge on any atom is 0.234 e. The molecule has 8 nitrogen and oxygen atoms in total. The number of phenolic OH excluding ortho intramolecular Hbond substituents is 1. The van der Waals surface area contributed by atoms with E-state index in [-0.39, 0.29) is 36.8 Å². The zero-order chi connectivity index (χ0) is 31.9. The number of imide groups is 1. The number of rotatable bonds is 13. The molecular weight excluding hydrogens is 568 g/mol. The number of allylic oxidation sites excluding steroid dienone is 1. The zero-order valence-corrected chi connectivity index (χ0v) is 26.6. The molecule has 2 fully saturated rings. The predicted molar refractivity (Wildman–Crippen MR) is 174 cm³/mol. The number of piperidine rings is 1. The number of aliphatic hydroxyl groups excluding tert-OH is 2. The summed E-state index contributed by atoms with van der Waals surface area (Å²) in [6.07, 6.45) is 5.84. The molecule has 3 N–H and O–H groups in total. The lowest BCUT2D eigenvalue weighted by Gasteiger charge is -2.37. The second-order valence-corrected chi connectivity index (χ2v) is 12.9. The largest absolute Gasteiger partial charge is 0.508 e. The quantitative estimate of drug-likeness (QED) is 0.216. The second kappa shape index (κ2) is 15.3. The van der Waals surface area contributed by atoms with Crippen LogP contribution in [0.25, 0.3) is 6.08 Å². The van der Waals surface area contributed by atoms with Gasteiger partial charge in [0, 0.05) is 38.7 Å². The summed E-state index contributed by atoms with van der Waals surface area (Å²) in [6, 6.07) is 17.3. The van der Waals surface area contributed by atoms with E-state index in [9.17, 15) is 24.9 Å². The number of phenols is 1. The van der Waals surface area contributed by atoms with Gasteiger partial charge in [-0.3, -0.25) is 19.4 Å². The van der Waals surface area contributed by atoms with Gasteiger partial charge in [0.25, 0.3) is 0 Å². The second-order valence-electron chi connectivity index (χ2n) is 12.9. The molecule has 0 radical (unpaired) electrons. The van der Waals surface area contributed by atoms with Crippen molar-refractivity contribution in [2.75, 3.05) is 33.4 Å². The van der Waals surface area contributed by atoms with Crippen molar-refractivity contribution >= 4 is 17.9 Å². The van der Waals surface area contributed by atoms with Crippen molar-refractivity contribution in [2.45, 2.75) is 70.6 Å². The summed E-state index contributed by atoms with van der Waals surface area (Å²) in [6.45, 7) is 4.50. The molecule has 45 heavy (non-hydrogen) atoms. The topological polar surface area (TPSA) is 111 Å². The molecule has 8 heteroatoms. The molecule has 0 bridgehead atoms. The number of methoxy groups -OCH3 is 1. The number of aromatic hydroxyl groups is 1. The number of likely N-dealkylation sites (tertiary alicyclic amines) is 2. The minimum absolute atomic E-state index is 0.147. The molecule has 242 valence electrons. The van der Waals surface area contributed by atoms with Crippen LogP contribution >= 0.6 is 0 Å². The number of ether oxygens (including phenoxy) is 1. The SMILES string of the molecule is CCC/C(=C\c1cccc(O)c1)CC[C@@H](O)C1=C(COC)C[C@H]2C(=O)N(C3CCN(Cc4ccccc4)CC3)C(=O)[C@H]2[C@H]1CO. The standard InChI is InChI=1S/C37H48N2O6/c1-3-8-25(19-27-11-7-12-30(41)20-27)13-14-33(42)34-28(24-45-2)21-31-35(32(34)23-40)37(44)39(36(31)43)29-15-17-38(18-16-29)22-26-9-5-4-6-10-26/h4-7,9-12,19-20,29,31-33,35,40-42H,3,8,13-18,21-24H2,1-2H3/b25-19+/t31-,32+,33-,35-/m1/s1. The first-order chi connectivity index (χ1) is 21.8. The first-order valence-corrected chi connectivity index (χ1v) is 16.5. The van der Waals surface area contributed by atoms with Gasteiger partial charge in [-0.1, -0.05) is 67.5 Å². The number of amides is 2. The Morgan fingerprint density at radius 1 is 1.04 bits per heavy atom. The van der Waals surface area contributed by atoms with Gasteiger partial charge in [0.1, 0.15) is 5.75 Å². The fourth-order valence-corrected chi connectivity index (χ4v) is 7.75. The third-order valence-corrected chi connectivity index (χ3v) is 9.81. The molecule has 2 aromatic carbocycles. The minimum atomic E-state index is -0.879. The van der Waals surface area contributed by atoms with Gasteiger partial charge in [0.15, 0.2) is 0 Å². The highest BCUT2D eigenvalue weighted by Gasteiger charge is 2.56. The van der Waals surface area contributed by atoms with Crippen LogP contribution in [0.2, 0.25) is 0 Å². The summed E-state index contributed by atoms with van der Waals surface area (Å²) >= 11 is 0. The van der Waals surface area contributed by atoms with E-state index in [4.69, 9.17) is 4.74 Å². The van der Waals surface area contributed by atoms with E-state index in [2.05, 4.69) is 30.0 Å². The van der Waals surface area contributed by atoms with Crippen molar-refractivity contribution < 1.29 is 29.6 Å². The summed E-state index contributed by atoms with van der Waals surface area (Å²) in [7, 11) is 1.59. The van der Waals surface area contributed by atoms with Gasteiger partial charge in [0.2, 0.25) is 11.8 Å². The summed E-state index contributed by atoms with van der Waals surface area (Å²) in [5, 5.41) is 32.2. The lowest BCUT2D eigenvalue weighted by Crippen LogP contribution is -2.47. The first kappa shape index (κ1) is 33.1. The van der Waals surface area contributed by atoms with Crippen molar-refractivity contribution in [1.29, 1.82) is 0 Å². The Morgan fingerprint density at radius 2 is 1.80 bits per heavy atom. The number of fused-ring (bicyclic) bond motifs is 1. The van der Waals surface area contributed by atoms with Crippen LogP contribution in [0.15, 0.2) is 71.3 Å². The maximum absolute atomic E-state index is 14.0. The van der Waals surface area contributed by atoms with Crippen molar-refractivity contribution in [3.05, 3.63) is 82.4 Å². The van der Waals surface area contributed by atoms with Crippen LogP contribution in [0.5, 0.6) is 5.75 Å². The van der Waals surface area contributed by atoms with E-state index < -0.39 is 23.9 Å². The fourth-order valence-electron chi connectivity index (χ4n) is 7.75. The Labute approximate surface area is 267 Å². The smallest absolute Gasteiger partial charge is 0.234 e. The molecule has 2 amide bonds. The molecule has 2 saturated heterocycles. The highest BCUT2D eigenvalue weighted by Crippen LogP contribution is 2.47. The van der Waals surface area contributed by atoms with Gasteiger partial charge < -0.3 is 20.1 Å². The lowest BCUT2D eigenvalue weighted by molar-refractivity contribution is -0.144. The third-order valence-electron chi connectivity index (χ3n) is 9.81. The average molecular weight is 617 g/mol. The Hall–Kier alpha value is -3.30. The summed E-state index contributed by atoms with van der Waals surface area (Å²) in [5.41, 5.74) is 4.79. The summed E-state index contributed by atoms with van der Waals surface area (Å²) < 4.78 is 5.52. The van der Waals surface area contributed by atoms with Crippen molar-refractivity contribution in [2.24, 2.45) is 17.8 Å². The van der Waals surface area contributed by atoms with Crippen LogP contribution in [0.3, 0.4) is 0 Å². The normalized spacial score (nSPS) is 24.0. The molecular formula is C37H48N2O6. The van der Waals surface area contributed by atoms with Crippen LogP contribution < -0.4 is 0 Å². The highest BCUT2D eigenvalue weighted by molar-refractivity contribution is 6.06. The molecule has 5 rings (SSSR count). The van der Waals surface area contributed by atoms with Gasteiger partial charge in [-0.2, -0.15) is 0 Å². The predicted octanol–water partition coefficient (Wildman–Crippen LogP) is 4.94. The Kier molecular flexibility index (Phi) is 11.3. The molecule has 2 aromatic rings. The van der Waals surface area contributed by atoms with E-state index in [1.807, 2.05) is 30.3 Å². The van der Waals surface area contributed by atoms with Crippen LogP contribution in [0, 0.1) is 17.8 Å². The number of aliphatic hydroxyl groups is 2. The number of nitrogens with zero attached hydrogens (tertiary/aromatic N) is 2. The molecule has 0 unspecified atom stereocenters. The third kappa shape index (κ3) is 7.58. The number of carbonyl (C=O) groups excluding carboxylic acids is 2. The zero-order valence-electron chi connectivity index (χ0n) is 26.6. The Balaban J connectivity index is 1.30. The van der Waals surface area contributed by atoms with E-state index in [0.29, 0.717) is 24.8 Å². The maximum atomic E-state index is 14.0. The van der Waals surface area contributed by atoms with Crippen molar-refractivity contribution in [1.82, 2.24) is 9.80 Å². The van der Waals surface area contributed by atoms with Gasteiger partial charge in [-0.15, -0.1) is 0 Å². The molecule has 3 aliphatic rings. The molecule has 0 aromatic heterocycles. The minimum Gasteiger partial charge on any atom is -0.508 e.